The summed E-state index contributed by atoms with van der Waals surface area (Å²) in [5.41, 5.74) is 0. The van der Waals surface area contributed by atoms with E-state index in [1.54, 1.807) is 0 Å². The Labute approximate surface area is 90.1 Å². The molecule has 1 heterocycles. The van der Waals surface area contributed by atoms with Crippen LogP contribution in [-0.2, 0) is 10.4 Å². The van der Waals surface area contributed by atoms with Gasteiger partial charge in [0.15, 0.2) is 6.34 Å². The standard InChI is InChI=1S/C8H15N2.H2O4S/c1-3-4-6-10(2)7-5-9-8-10;1-5(2,3)4/h5,7-8H,3-4,6H2,1-2H3;(H2,1,2,3,4)/q+1;/p-1. The highest BCUT2D eigenvalue weighted by Crippen LogP contribution is 2.08. The highest BCUT2D eigenvalue weighted by Gasteiger charge is 2.17. The van der Waals surface area contributed by atoms with Crippen molar-refractivity contribution in [2.45, 2.75) is 19.8 Å². The molecule has 1 unspecified atom stereocenters. The van der Waals surface area contributed by atoms with Crippen LogP contribution in [0, 0.1) is 0 Å². The quantitative estimate of drug-likeness (QED) is 0.445. The number of hydrogen-bond donors (Lipinski definition) is 1. The average Bonchev–Trinajstić information content (AvgIpc) is 2.46. The molecule has 0 radical (unpaired) electrons. The summed E-state index contributed by atoms with van der Waals surface area (Å²) in [6.45, 7) is 3.39. The number of rotatable bonds is 3. The van der Waals surface area contributed by atoms with Gasteiger partial charge in [-0.05, 0) is 6.42 Å². The monoisotopic (exact) mass is 236 g/mol. The molecule has 0 aromatic rings. The number of quaternary nitrogens is 1. The van der Waals surface area contributed by atoms with E-state index in [0.29, 0.717) is 0 Å². The summed E-state index contributed by atoms with van der Waals surface area (Å²) in [4.78, 5) is 4.06. The van der Waals surface area contributed by atoms with Gasteiger partial charge in [-0.2, -0.15) is 0 Å². The predicted molar refractivity (Wildman–Crippen MR) is 55.9 cm³/mol. The first-order valence-corrected chi connectivity index (χ1v) is 5.88. The van der Waals surface area contributed by atoms with Gasteiger partial charge < -0.3 is 4.55 Å². The van der Waals surface area contributed by atoms with Gasteiger partial charge in [0.25, 0.3) is 0 Å². The minimum absolute atomic E-state index is 0.883. The Morgan fingerprint density at radius 1 is 1.53 bits per heavy atom. The first-order valence-electron chi connectivity index (χ1n) is 4.52. The van der Waals surface area contributed by atoms with Crippen molar-refractivity contribution in [1.82, 2.24) is 0 Å². The van der Waals surface area contributed by atoms with Crippen LogP contribution in [0.1, 0.15) is 19.8 Å². The maximum atomic E-state index is 8.63. The summed E-state index contributed by atoms with van der Waals surface area (Å²) in [7, 11) is -2.75. The van der Waals surface area contributed by atoms with Crippen LogP contribution < -0.4 is 0 Å². The van der Waals surface area contributed by atoms with Gasteiger partial charge >= 0.3 is 0 Å². The lowest BCUT2D eigenvalue weighted by atomic mass is 10.3. The van der Waals surface area contributed by atoms with E-state index < -0.39 is 10.4 Å². The summed E-state index contributed by atoms with van der Waals surface area (Å²) < 4.78 is 33.7. The van der Waals surface area contributed by atoms with E-state index in [4.69, 9.17) is 17.5 Å². The zero-order valence-corrected chi connectivity index (χ0v) is 9.64. The van der Waals surface area contributed by atoms with E-state index in [1.165, 1.54) is 19.4 Å². The van der Waals surface area contributed by atoms with Crippen molar-refractivity contribution in [3.8, 4) is 0 Å². The number of nitrogens with zero attached hydrogens (tertiary/aromatic N) is 2. The number of hydrogen-bond acceptors (Lipinski definition) is 4. The van der Waals surface area contributed by atoms with Crippen molar-refractivity contribution < 1.29 is 22.0 Å². The van der Waals surface area contributed by atoms with Gasteiger partial charge in [-0.15, -0.1) is 0 Å². The fourth-order valence-corrected chi connectivity index (χ4v) is 1.05. The second-order valence-corrected chi connectivity index (χ2v) is 4.27. The first-order chi connectivity index (χ1) is 6.77. The van der Waals surface area contributed by atoms with Crippen LogP contribution in [-0.4, -0.2) is 41.9 Å². The van der Waals surface area contributed by atoms with E-state index in [0.717, 1.165) is 4.48 Å². The molecule has 7 heteroatoms. The molecule has 15 heavy (non-hydrogen) atoms. The molecule has 1 N–H and O–H groups in total. The second kappa shape index (κ2) is 5.96. The minimum Gasteiger partial charge on any atom is -0.726 e. The summed E-state index contributed by atoms with van der Waals surface area (Å²) >= 11 is 0. The molecule has 6 nitrogen and oxygen atoms in total. The number of unbranched alkanes of at least 4 members (excludes halogenated alkanes) is 1. The lowest BCUT2D eigenvalue weighted by molar-refractivity contribution is -0.756. The Hall–Kier alpha value is -0.760. The van der Waals surface area contributed by atoms with Crippen LogP contribution in [0.15, 0.2) is 17.4 Å². The van der Waals surface area contributed by atoms with Crippen LogP contribution in [0.3, 0.4) is 0 Å². The van der Waals surface area contributed by atoms with Gasteiger partial charge in [0.05, 0.1) is 19.8 Å². The van der Waals surface area contributed by atoms with Crippen LogP contribution in [0.4, 0.5) is 0 Å². The Morgan fingerprint density at radius 2 is 2.07 bits per heavy atom. The van der Waals surface area contributed by atoms with Gasteiger partial charge in [0, 0.05) is 0 Å². The Balaban J connectivity index is 0.000000336. The van der Waals surface area contributed by atoms with Crippen molar-refractivity contribution in [3.05, 3.63) is 12.4 Å². The molecular formula is C8H16N2O4S. The predicted octanol–water partition coefficient (Wildman–Crippen LogP) is 0.751. The van der Waals surface area contributed by atoms with Gasteiger partial charge in [-0.25, -0.2) is 13.4 Å². The molecule has 0 amide bonds. The molecule has 0 aromatic heterocycles. The third-order valence-corrected chi connectivity index (χ3v) is 1.82. The first kappa shape index (κ1) is 14.2. The molecule has 1 aliphatic rings. The molecule has 0 saturated heterocycles. The van der Waals surface area contributed by atoms with Crippen LogP contribution in [0.2, 0.25) is 0 Å². The molecule has 1 aliphatic heterocycles. The molecule has 0 aromatic carbocycles. The van der Waals surface area contributed by atoms with Crippen molar-refractivity contribution in [3.63, 3.8) is 0 Å². The minimum atomic E-state index is -4.92. The van der Waals surface area contributed by atoms with Gasteiger partial charge in [-0.1, -0.05) is 13.3 Å². The molecular weight excluding hydrogens is 220 g/mol. The normalized spacial score (nSPS) is 23.7. The van der Waals surface area contributed by atoms with E-state index >= 15 is 0 Å². The molecule has 0 saturated carbocycles. The molecule has 0 bridgehead atoms. The molecule has 0 spiro atoms. The highest BCUT2D eigenvalue weighted by atomic mass is 32.3. The largest absolute Gasteiger partial charge is 0.726 e. The Kier molecular flexibility index (Phi) is 5.66. The third-order valence-electron chi connectivity index (χ3n) is 1.82. The molecule has 1 rings (SSSR count). The van der Waals surface area contributed by atoms with E-state index in [2.05, 4.69) is 25.2 Å². The van der Waals surface area contributed by atoms with Crippen molar-refractivity contribution in [2.75, 3.05) is 13.6 Å². The number of aliphatic imine (C=N–C) groups is 1. The zero-order chi connectivity index (χ0) is 11.9. The summed E-state index contributed by atoms with van der Waals surface area (Å²) in [5, 5.41) is 0. The highest BCUT2D eigenvalue weighted by molar-refractivity contribution is 7.79. The maximum Gasteiger partial charge on any atom is 0.215 e. The third kappa shape index (κ3) is 9.54. The van der Waals surface area contributed by atoms with E-state index in [9.17, 15) is 0 Å². The maximum absolute atomic E-state index is 8.63. The van der Waals surface area contributed by atoms with Gasteiger partial charge in [0.2, 0.25) is 10.4 Å². The van der Waals surface area contributed by atoms with Crippen molar-refractivity contribution >= 4 is 16.7 Å². The van der Waals surface area contributed by atoms with Crippen molar-refractivity contribution in [1.29, 1.82) is 0 Å². The SMILES string of the molecule is CCCC[N+]1(C)C=CN=C1.O=S(=O)([O-])O. The van der Waals surface area contributed by atoms with Crippen molar-refractivity contribution in [2.24, 2.45) is 4.99 Å². The molecule has 88 valence electrons. The lowest BCUT2D eigenvalue weighted by Crippen LogP contribution is -2.35. The average molecular weight is 236 g/mol. The molecule has 0 aliphatic carbocycles. The summed E-state index contributed by atoms with van der Waals surface area (Å²) in [6, 6.07) is 0. The van der Waals surface area contributed by atoms with Crippen LogP contribution in [0.5, 0.6) is 0 Å². The molecule has 1 atom stereocenters. The fourth-order valence-electron chi connectivity index (χ4n) is 1.05. The Morgan fingerprint density at radius 3 is 2.40 bits per heavy atom. The fraction of sp³-hybridized carbons (Fsp3) is 0.625. The lowest BCUT2D eigenvalue weighted by Gasteiger charge is -2.20. The van der Waals surface area contributed by atoms with E-state index in [-0.39, 0.29) is 0 Å². The van der Waals surface area contributed by atoms with Gasteiger partial charge in [-0.3, -0.25) is 9.04 Å². The smallest absolute Gasteiger partial charge is 0.215 e. The second-order valence-electron chi connectivity index (χ2n) is 3.41. The Bertz CT molecular complexity index is 315. The summed E-state index contributed by atoms with van der Waals surface area (Å²) in [6.07, 6.45) is 8.50. The topological polar surface area (TPSA) is 89.8 Å². The van der Waals surface area contributed by atoms with Gasteiger partial charge in [0.1, 0.15) is 6.20 Å². The molecule has 0 fully saturated rings. The zero-order valence-electron chi connectivity index (χ0n) is 8.83. The summed E-state index contributed by atoms with van der Waals surface area (Å²) in [5.74, 6) is 0. The van der Waals surface area contributed by atoms with Crippen LogP contribution in [0.25, 0.3) is 0 Å². The van der Waals surface area contributed by atoms with Crippen LogP contribution >= 0.6 is 0 Å². The van der Waals surface area contributed by atoms with E-state index in [1.807, 2.05) is 12.5 Å².